The van der Waals surface area contributed by atoms with Crippen molar-refractivity contribution in [2.45, 2.75) is 12.1 Å². The van der Waals surface area contributed by atoms with Crippen molar-refractivity contribution in [3.8, 4) is 0 Å². The maximum Gasteiger partial charge on any atom is 0.133 e. The van der Waals surface area contributed by atoms with Crippen LogP contribution in [0.2, 0.25) is 0 Å². The van der Waals surface area contributed by atoms with Crippen molar-refractivity contribution >= 4 is 0 Å². The lowest BCUT2D eigenvalue weighted by atomic mass is 10.1. The maximum absolute atomic E-state index is 9.86. The number of hydrogen-bond donors (Lipinski definition) is 3. The quantitative estimate of drug-likeness (QED) is 0.726. The predicted octanol–water partition coefficient (Wildman–Crippen LogP) is 1.64. The molecule has 0 aliphatic carbocycles. The van der Waals surface area contributed by atoms with E-state index in [0.29, 0.717) is 12.3 Å². The second kappa shape index (κ2) is 6.35. The molecule has 0 spiro atoms. The first-order valence-corrected chi connectivity index (χ1v) is 5.92. The number of benzene rings is 1. The Morgan fingerprint density at radius 2 is 1.89 bits per heavy atom. The Balaban J connectivity index is 1.92. The highest BCUT2D eigenvalue weighted by molar-refractivity contribution is 5.19. The highest BCUT2D eigenvalue weighted by Crippen LogP contribution is 2.15. The summed E-state index contributed by atoms with van der Waals surface area (Å²) in [5.74, 6) is 0.521. The van der Waals surface area contributed by atoms with Crippen molar-refractivity contribution in [2.24, 2.45) is 0 Å². The lowest BCUT2D eigenvalue weighted by molar-refractivity contribution is 0.136. The highest BCUT2D eigenvalue weighted by Gasteiger charge is 2.14. The molecule has 0 amide bonds. The van der Waals surface area contributed by atoms with Crippen molar-refractivity contribution in [3.05, 3.63) is 60.1 Å². The summed E-state index contributed by atoms with van der Waals surface area (Å²) in [6.07, 6.45) is 0.817. The van der Waals surface area contributed by atoms with Gasteiger partial charge in [0.25, 0.3) is 0 Å². The summed E-state index contributed by atoms with van der Waals surface area (Å²) in [7, 11) is 0. The fourth-order valence-electron chi connectivity index (χ4n) is 1.81. The summed E-state index contributed by atoms with van der Waals surface area (Å²) < 4.78 is 5.11. The van der Waals surface area contributed by atoms with Gasteiger partial charge < -0.3 is 19.9 Å². The lowest BCUT2D eigenvalue weighted by Gasteiger charge is -2.18. The van der Waals surface area contributed by atoms with Gasteiger partial charge in [-0.3, -0.25) is 0 Å². The highest BCUT2D eigenvalue weighted by atomic mass is 16.4. The molecule has 0 aliphatic heterocycles. The van der Waals surface area contributed by atoms with E-state index < -0.39 is 6.10 Å². The third kappa shape index (κ3) is 3.20. The fraction of sp³-hybridized carbons (Fsp3) is 0.286. The lowest BCUT2D eigenvalue weighted by Crippen LogP contribution is -2.28. The summed E-state index contributed by atoms with van der Waals surface area (Å²) >= 11 is 0. The van der Waals surface area contributed by atoms with E-state index >= 15 is 0 Å². The van der Waals surface area contributed by atoms with Gasteiger partial charge in [0, 0.05) is 6.54 Å². The standard InChI is InChI=1S/C14H17NO3/c16-10-12(11-5-2-1-3-6-11)15-9-13(17)14-7-4-8-18-14/h1-8,12-13,15-17H,9-10H2. The van der Waals surface area contributed by atoms with Crippen LogP contribution in [0.4, 0.5) is 0 Å². The molecular weight excluding hydrogens is 230 g/mol. The number of aliphatic hydroxyl groups is 2. The normalized spacial score (nSPS) is 14.3. The van der Waals surface area contributed by atoms with Crippen molar-refractivity contribution in [1.82, 2.24) is 5.32 Å². The van der Waals surface area contributed by atoms with Gasteiger partial charge in [0.1, 0.15) is 11.9 Å². The van der Waals surface area contributed by atoms with Crippen LogP contribution in [0.15, 0.2) is 53.1 Å². The van der Waals surface area contributed by atoms with Crippen molar-refractivity contribution in [2.75, 3.05) is 13.2 Å². The molecule has 0 radical (unpaired) electrons. The molecule has 0 fully saturated rings. The van der Waals surface area contributed by atoms with Gasteiger partial charge in [0.15, 0.2) is 0 Å². The molecule has 96 valence electrons. The molecular formula is C14H17NO3. The van der Waals surface area contributed by atoms with Gasteiger partial charge >= 0.3 is 0 Å². The van der Waals surface area contributed by atoms with Crippen LogP contribution in [0.5, 0.6) is 0 Å². The predicted molar refractivity (Wildman–Crippen MR) is 67.9 cm³/mol. The number of rotatable bonds is 6. The second-order valence-electron chi connectivity index (χ2n) is 4.09. The third-order valence-corrected chi connectivity index (χ3v) is 2.81. The Morgan fingerprint density at radius 3 is 2.50 bits per heavy atom. The van der Waals surface area contributed by atoms with E-state index in [9.17, 15) is 10.2 Å². The SMILES string of the molecule is OCC(NCC(O)c1ccco1)c1ccccc1. The molecule has 0 aliphatic rings. The molecule has 4 heteroatoms. The number of furan rings is 1. The first-order chi connectivity index (χ1) is 8.81. The van der Waals surface area contributed by atoms with Gasteiger partial charge in [-0.25, -0.2) is 0 Å². The van der Waals surface area contributed by atoms with E-state index in [1.165, 1.54) is 6.26 Å². The van der Waals surface area contributed by atoms with Gasteiger partial charge in [-0.05, 0) is 17.7 Å². The minimum Gasteiger partial charge on any atom is -0.467 e. The Morgan fingerprint density at radius 1 is 1.11 bits per heavy atom. The first kappa shape index (κ1) is 12.8. The average Bonchev–Trinajstić information content (AvgIpc) is 2.94. The Labute approximate surface area is 106 Å². The van der Waals surface area contributed by atoms with Gasteiger partial charge in [0.05, 0.1) is 18.9 Å². The molecule has 4 nitrogen and oxygen atoms in total. The van der Waals surface area contributed by atoms with Crippen LogP contribution < -0.4 is 5.32 Å². The van der Waals surface area contributed by atoms with Crippen molar-refractivity contribution in [1.29, 1.82) is 0 Å². The van der Waals surface area contributed by atoms with E-state index in [2.05, 4.69) is 5.32 Å². The topological polar surface area (TPSA) is 65.6 Å². The van der Waals surface area contributed by atoms with E-state index in [-0.39, 0.29) is 12.6 Å². The molecule has 1 heterocycles. The summed E-state index contributed by atoms with van der Waals surface area (Å²) in [6, 6.07) is 12.9. The molecule has 1 aromatic carbocycles. The summed E-state index contributed by atoms with van der Waals surface area (Å²) in [5, 5.41) is 22.3. The minimum atomic E-state index is -0.710. The van der Waals surface area contributed by atoms with E-state index in [1.54, 1.807) is 12.1 Å². The molecule has 2 unspecified atom stereocenters. The van der Waals surface area contributed by atoms with Crippen LogP contribution in [0.3, 0.4) is 0 Å². The number of nitrogens with one attached hydrogen (secondary N) is 1. The Kier molecular flexibility index (Phi) is 4.52. The monoisotopic (exact) mass is 247 g/mol. The molecule has 2 atom stereocenters. The molecule has 2 aromatic rings. The van der Waals surface area contributed by atoms with Crippen LogP contribution in [0.25, 0.3) is 0 Å². The largest absolute Gasteiger partial charge is 0.467 e. The maximum atomic E-state index is 9.86. The zero-order chi connectivity index (χ0) is 12.8. The van der Waals surface area contributed by atoms with Crippen LogP contribution in [0, 0.1) is 0 Å². The molecule has 2 rings (SSSR count). The van der Waals surface area contributed by atoms with Crippen molar-refractivity contribution in [3.63, 3.8) is 0 Å². The van der Waals surface area contributed by atoms with Gasteiger partial charge in [0.2, 0.25) is 0 Å². The summed E-state index contributed by atoms with van der Waals surface area (Å²) in [6.45, 7) is 0.308. The molecule has 0 saturated carbocycles. The zero-order valence-corrected chi connectivity index (χ0v) is 9.99. The zero-order valence-electron chi connectivity index (χ0n) is 9.99. The Bertz CT molecular complexity index is 441. The number of aliphatic hydroxyl groups excluding tert-OH is 2. The van der Waals surface area contributed by atoms with E-state index in [1.807, 2.05) is 30.3 Å². The van der Waals surface area contributed by atoms with Crippen LogP contribution in [-0.2, 0) is 0 Å². The van der Waals surface area contributed by atoms with Crippen molar-refractivity contribution < 1.29 is 14.6 Å². The van der Waals surface area contributed by atoms with Gasteiger partial charge in [-0.15, -0.1) is 0 Å². The molecule has 0 saturated heterocycles. The molecule has 0 bridgehead atoms. The van der Waals surface area contributed by atoms with E-state index in [0.717, 1.165) is 5.56 Å². The van der Waals surface area contributed by atoms with Gasteiger partial charge in [-0.2, -0.15) is 0 Å². The van der Waals surface area contributed by atoms with Crippen LogP contribution in [-0.4, -0.2) is 23.4 Å². The molecule has 3 N–H and O–H groups in total. The minimum absolute atomic E-state index is 0.0190. The van der Waals surface area contributed by atoms with Crippen LogP contribution >= 0.6 is 0 Å². The smallest absolute Gasteiger partial charge is 0.133 e. The summed E-state index contributed by atoms with van der Waals surface area (Å²) in [5.41, 5.74) is 0.992. The molecule has 18 heavy (non-hydrogen) atoms. The van der Waals surface area contributed by atoms with Gasteiger partial charge in [-0.1, -0.05) is 30.3 Å². The third-order valence-electron chi connectivity index (χ3n) is 2.81. The average molecular weight is 247 g/mol. The Hall–Kier alpha value is -1.62. The van der Waals surface area contributed by atoms with Crippen LogP contribution in [0.1, 0.15) is 23.5 Å². The molecule has 1 aromatic heterocycles. The summed E-state index contributed by atoms with van der Waals surface area (Å²) in [4.78, 5) is 0. The first-order valence-electron chi connectivity index (χ1n) is 5.92. The fourth-order valence-corrected chi connectivity index (χ4v) is 1.81. The second-order valence-corrected chi connectivity index (χ2v) is 4.09. The van der Waals surface area contributed by atoms with E-state index in [4.69, 9.17) is 4.42 Å². The number of hydrogen-bond acceptors (Lipinski definition) is 4.